The molecule has 0 aliphatic carbocycles. The van der Waals surface area contributed by atoms with Crippen molar-refractivity contribution in [3.63, 3.8) is 0 Å². The van der Waals surface area contributed by atoms with Crippen LogP contribution < -0.4 is 20.1 Å². The summed E-state index contributed by atoms with van der Waals surface area (Å²) in [5, 5.41) is 6.25. The number of hydrogen-bond donors (Lipinski definition) is 2. The predicted molar refractivity (Wildman–Crippen MR) is 101 cm³/mol. The Balaban J connectivity index is 2.28. The van der Waals surface area contributed by atoms with Crippen LogP contribution in [-0.4, -0.2) is 44.5 Å². The van der Waals surface area contributed by atoms with Gasteiger partial charge in [0.05, 0.1) is 26.9 Å². The number of benzene rings is 1. The van der Waals surface area contributed by atoms with Gasteiger partial charge in [0.2, 0.25) is 0 Å². The third-order valence-corrected chi connectivity index (χ3v) is 4.14. The summed E-state index contributed by atoms with van der Waals surface area (Å²) in [6, 6.07) is 4.61. The molecule has 1 aromatic rings. The molecule has 0 saturated carbocycles. The summed E-state index contributed by atoms with van der Waals surface area (Å²) in [5.41, 5.74) is 1.16. The van der Waals surface area contributed by atoms with Crippen molar-refractivity contribution in [1.29, 1.82) is 0 Å². The lowest BCUT2D eigenvalue weighted by Gasteiger charge is -2.34. The monoisotopic (exact) mass is 394 g/mol. The molecule has 0 amide bonds. The predicted octanol–water partition coefficient (Wildman–Crippen LogP) is 1.46. The van der Waals surface area contributed by atoms with Crippen LogP contribution in [0.3, 0.4) is 0 Å². The number of rotatable bonds is 7. The molecule has 2 N–H and O–H groups in total. The second-order valence-corrected chi connectivity index (χ2v) is 6.01. The lowest BCUT2D eigenvalue weighted by molar-refractivity contribution is -0.146. The van der Waals surface area contributed by atoms with E-state index in [0.29, 0.717) is 22.3 Å². The summed E-state index contributed by atoms with van der Waals surface area (Å²) in [5.74, 6) is -0.834. The van der Waals surface area contributed by atoms with E-state index in [1.54, 1.807) is 25.1 Å². The summed E-state index contributed by atoms with van der Waals surface area (Å²) >= 11 is 5.18. The zero-order valence-corrected chi connectivity index (χ0v) is 16.2. The number of thiocarbonyl (C=S) groups is 1. The fourth-order valence-corrected chi connectivity index (χ4v) is 2.96. The van der Waals surface area contributed by atoms with Crippen molar-refractivity contribution in [2.75, 3.05) is 27.4 Å². The molecule has 0 bridgehead atoms. The van der Waals surface area contributed by atoms with E-state index in [1.165, 1.54) is 14.2 Å². The minimum Gasteiger partial charge on any atom is -0.493 e. The molecule has 0 spiro atoms. The fraction of sp³-hybridized carbons (Fsp3) is 0.389. The van der Waals surface area contributed by atoms with Crippen LogP contribution in [0.2, 0.25) is 0 Å². The van der Waals surface area contributed by atoms with Crippen LogP contribution in [0.5, 0.6) is 11.5 Å². The highest BCUT2D eigenvalue weighted by molar-refractivity contribution is 7.80. The van der Waals surface area contributed by atoms with Gasteiger partial charge in [0.15, 0.2) is 23.2 Å². The second kappa shape index (κ2) is 9.22. The smallest absolute Gasteiger partial charge is 0.344 e. The largest absolute Gasteiger partial charge is 0.493 e. The Kier molecular flexibility index (Phi) is 7.00. The molecule has 1 aromatic carbocycles. The van der Waals surface area contributed by atoms with Crippen molar-refractivity contribution < 1.29 is 28.5 Å². The molecule has 0 aromatic heterocycles. The van der Waals surface area contributed by atoms with Crippen molar-refractivity contribution in [1.82, 2.24) is 10.6 Å². The molecule has 1 heterocycles. The Labute approximate surface area is 162 Å². The van der Waals surface area contributed by atoms with Gasteiger partial charge in [-0.3, -0.25) is 4.79 Å². The van der Waals surface area contributed by atoms with Gasteiger partial charge in [-0.25, -0.2) is 4.79 Å². The van der Waals surface area contributed by atoms with Crippen molar-refractivity contribution in [2.45, 2.75) is 13.0 Å². The van der Waals surface area contributed by atoms with E-state index in [9.17, 15) is 9.59 Å². The van der Waals surface area contributed by atoms with Crippen LogP contribution in [0.4, 0.5) is 0 Å². The average molecular weight is 394 g/mol. The zero-order valence-electron chi connectivity index (χ0n) is 15.4. The van der Waals surface area contributed by atoms with Gasteiger partial charge in [0, 0.05) is 5.70 Å². The van der Waals surface area contributed by atoms with Crippen LogP contribution in [0.15, 0.2) is 30.5 Å². The van der Waals surface area contributed by atoms with E-state index in [2.05, 4.69) is 17.2 Å². The topological polar surface area (TPSA) is 95.1 Å². The number of ether oxygens (including phenoxy) is 4. The van der Waals surface area contributed by atoms with Crippen molar-refractivity contribution in [2.24, 2.45) is 5.92 Å². The SMILES string of the molecule is C=C1NC(=S)NC(c2ccc(OCC(=O)OCC)c(OC)c2)C1C(=O)OC. The molecule has 0 radical (unpaired) electrons. The molecular formula is C18H22N2O6S. The third kappa shape index (κ3) is 4.88. The van der Waals surface area contributed by atoms with E-state index >= 15 is 0 Å². The van der Waals surface area contributed by atoms with Crippen LogP contribution in [-0.2, 0) is 19.1 Å². The Bertz CT molecular complexity index is 751. The molecular weight excluding hydrogens is 372 g/mol. The minimum absolute atomic E-state index is 0.235. The van der Waals surface area contributed by atoms with Gasteiger partial charge in [-0.2, -0.15) is 0 Å². The fourth-order valence-electron chi connectivity index (χ4n) is 2.70. The van der Waals surface area contributed by atoms with E-state index in [0.717, 1.165) is 5.56 Å². The maximum absolute atomic E-state index is 12.2. The summed E-state index contributed by atoms with van der Waals surface area (Å²) in [6.45, 7) is 5.63. The van der Waals surface area contributed by atoms with Gasteiger partial charge in [-0.05, 0) is 36.8 Å². The first-order valence-electron chi connectivity index (χ1n) is 8.21. The minimum atomic E-state index is -0.683. The summed E-state index contributed by atoms with van der Waals surface area (Å²) < 4.78 is 20.5. The van der Waals surface area contributed by atoms with Gasteiger partial charge in [0.1, 0.15) is 5.92 Å². The van der Waals surface area contributed by atoms with Crippen LogP contribution >= 0.6 is 12.2 Å². The number of methoxy groups -OCH3 is 2. The second-order valence-electron chi connectivity index (χ2n) is 5.61. The summed E-state index contributed by atoms with van der Waals surface area (Å²) in [6.07, 6.45) is 0. The molecule has 2 rings (SSSR count). The number of carbonyl (C=O) groups is 2. The van der Waals surface area contributed by atoms with E-state index in [-0.39, 0.29) is 13.2 Å². The molecule has 146 valence electrons. The normalized spacial score (nSPS) is 18.8. The quantitative estimate of drug-likeness (QED) is 0.526. The van der Waals surface area contributed by atoms with Crippen molar-refractivity contribution in [3.8, 4) is 11.5 Å². The van der Waals surface area contributed by atoms with Crippen molar-refractivity contribution in [3.05, 3.63) is 36.0 Å². The first-order chi connectivity index (χ1) is 12.9. The summed E-state index contributed by atoms with van der Waals surface area (Å²) in [7, 11) is 2.79. The Hall–Kier alpha value is -2.81. The Morgan fingerprint density at radius 3 is 2.63 bits per heavy atom. The van der Waals surface area contributed by atoms with Crippen LogP contribution in [0, 0.1) is 5.92 Å². The molecule has 27 heavy (non-hydrogen) atoms. The molecule has 1 aliphatic rings. The number of esters is 2. The Morgan fingerprint density at radius 2 is 2.00 bits per heavy atom. The van der Waals surface area contributed by atoms with E-state index in [4.69, 9.17) is 31.2 Å². The molecule has 1 saturated heterocycles. The van der Waals surface area contributed by atoms with E-state index in [1.807, 2.05) is 0 Å². The Morgan fingerprint density at radius 1 is 1.26 bits per heavy atom. The summed E-state index contributed by atoms with van der Waals surface area (Å²) in [4.78, 5) is 23.7. The first kappa shape index (κ1) is 20.5. The zero-order chi connectivity index (χ0) is 20.0. The van der Waals surface area contributed by atoms with E-state index < -0.39 is 23.9 Å². The van der Waals surface area contributed by atoms with Crippen molar-refractivity contribution >= 4 is 29.3 Å². The highest BCUT2D eigenvalue weighted by Gasteiger charge is 2.37. The molecule has 9 heteroatoms. The van der Waals surface area contributed by atoms with Crippen LogP contribution in [0.25, 0.3) is 0 Å². The highest BCUT2D eigenvalue weighted by atomic mass is 32.1. The maximum Gasteiger partial charge on any atom is 0.344 e. The molecule has 2 atom stereocenters. The van der Waals surface area contributed by atoms with Gasteiger partial charge in [0.25, 0.3) is 0 Å². The lowest BCUT2D eigenvalue weighted by atomic mass is 9.89. The average Bonchev–Trinajstić information content (AvgIpc) is 2.65. The third-order valence-electron chi connectivity index (χ3n) is 3.92. The number of nitrogens with one attached hydrogen (secondary N) is 2. The standard InChI is InChI=1S/C18H22N2O6S/c1-5-25-14(21)9-26-12-7-6-11(8-13(12)23-3)16-15(17(22)24-4)10(2)19-18(27)20-16/h6-8,15-16H,2,5,9H2,1,3-4H3,(H2,19,20,27). The molecule has 8 nitrogen and oxygen atoms in total. The first-order valence-corrected chi connectivity index (χ1v) is 8.62. The number of hydrogen-bond acceptors (Lipinski definition) is 7. The van der Waals surface area contributed by atoms with Crippen LogP contribution in [0.1, 0.15) is 18.5 Å². The number of carbonyl (C=O) groups excluding carboxylic acids is 2. The van der Waals surface area contributed by atoms with Gasteiger partial charge in [-0.1, -0.05) is 12.6 Å². The molecule has 1 fully saturated rings. The molecule has 2 unspecified atom stereocenters. The molecule has 1 aliphatic heterocycles. The lowest BCUT2D eigenvalue weighted by Crippen LogP contribution is -2.50. The van der Waals surface area contributed by atoms with Gasteiger partial charge >= 0.3 is 11.9 Å². The highest BCUT2D eigenvalue weighted by Crippen LogP contribution is 2.35. The maximum atomic E-state index is 12.2. The van der Waals surface area contributed by atoms with Gasteiger partial charge in [-0.15, -0.1) is 0 Å². The van der Waals surface area contributed by atoms with Gasteiger partial charge < -0.3 is 29.6 Å².